The number of fused-ring (bicyclic) bond motifs is 1. The topological polar surface area (TPSA) is 173 Å². The van der Waals surface area contributed by atoms with E-state index in [-0.39, 0.29) is 33.9 Å². The number of carbonyl (C=O) groups excluding carboxylic acids is 2. The minimum Gasteiger partial charge on any atom is -0.466 e. The van der Waals surface area contributed by atoms with Gasteiger partial charge in [-0.15, -0.1) is 11.3 Å². The van der Waals surface area contributed by atoms with Gasteiger partial charge in [0.1, 0.15) is 16.5 Å². The second-order valence-corrected chi connectivity index (χ2v) is 11.4. The Morgan fingerprint density at radius 2 is 1.69 bits per heavy atom. The number of ether oxygens (including phenoxy) is 2. The first kappa shape index (κ1) is 28.5. The highest BCUT2D eigenvalue weighted by Gasteiger charge is 2.43. The minimum absolute atomic E-state index is 0.0663. The number of benzene rings is 3. The molecule has 1 aromatic heterocycles. The molecule has 11 nitrogen and oxygen atoms in total. The monoisotopic (exact) mass is 602 g/mol. The number of methoxy groups -OCH3 is 2. The fourth-order valence-corrected chi connectivity index (χ4v) is 6.29. The summed E-state index contributed by atoms with van der Waals surface area (Å²) in [5.41, 5.74) is 7.37. The molecule has 2 heterocycles. The Hall–Kier alpha value is -5.03. The molecule has 0 bridgehead atoms. The van der Waals surface area contributed by atoms with Crippen molar-refractivity contribution in [2.75, 3.05) is 19.1 Å². The van der Waals surface area contributed by atoms with Crippen LogP contribution in [0.15, 0.2) is 100 Å². The smallest absolute Gasteiger partial charge is 0.355 e. The number of nitrogens with zero attached hydrogens (tertiary/aromatic N) is 3. The van der Waals surface area contributed by atoms with Crippen LogP contribution in [0.25, 0.3) is 20.8 Å². The maximum Gasteiger partial charge on any atom is 0.355 e. The molecule has 1 aliphatic rings. The average molecular weight is 603 g/mol. The van der Waals surface area contributed by atoms with Crippen molar-refractivity contribution in [2.45, 2.75) is 10.8 Å². The molecule has 0 radical (unpaired) electrons. The number of nitriles is 1. The third kappa shape index (κ3) is 4.88. The number of esters is 2. The van der Waals surface area contributed by atoms with Gasteiger partial charge in [-0.3, -0.25) is 9.45 Å². The molecule has 0 amide bonds. The summed E-state index contributed by atoms with van der Waals surface area (Å²) < 4.78 is 45.1. The lowest BCUT2D eigenvalue weighted by molar-refractivity contribution is -0.139. The van der Waals surface area contributed by atoms with Crippen LogP contribution in [0, 0.1) is 11.3 Å². The number of anilines is 1. The second-order valence-electron chi connectivity index (χ2n) is 8.98. The first-order valence-electron chi connectivity index (χ1n) is 12.2. The van der Waals surface area contributed by atoms with E-state index in [0.717, 1.165) is 29.9 Å². The van der Waals surface area contributed by atoms with Crippen molar-refractivity contribution in [1.29, 1.82) is 5.26 Å². The highest BCUT2D eigenvalue weighted by molar-refractivity contribution is 7.85. The molecule has 3 N–H and O–H groups in total. The van der Waals surface area contributed by atoms with E-state index in [2.05, 4.69) is 11.1 Å². The second kappa shape index (κ2) is 11.1. The molecule has 1 atom stereocenters. The summed E-state index contributed by atoms with van der Waals surface area (Å²) in [6, 6.07) is 21.4. The first-order valence-corrected chi connectivity index (χ1v) is 14.5. The van der Waals surface area contributed by atoms with Crippen molar-refractivity contribution >= 4 is 49.3 Å². The summed E-state index contributed by atoms with van der Waals surface area (Å²) in [6.07, 6.45) is 0. The van der Waals surface area contributed by atoms with Crippen molar-refractivity contribution in [3.8, 4) is 16.6 Å². The third-order valence-corrected chi connectivity index (χ3v) is 8.56. The van der Waals surface area contributed by atoms with Gasteiger partial charge in [0.2, 0.25) is 0 Å². The Morgan fingerprint density at radius 3 is 2.31 bits per heavy atom. The van der Waals surface area contributed by atoms with E-state index in [1.54, 1.807) is 42.5 Å². The predicted octanol–water partition coefficient (Wildman–Crippen LogP) is 4.11. The van der Waals surface area contributed by atoms with Gasteiger partial charge in [-0.2, -0.15) is 13.7 Å². The van der Waals surface area contributed by atoms with Crippen LogP contribution in [0.2, 0.25) is 0 Å². The number of rotatable bonds is 6. The van der Waals surface area contributed by atoms with Crippen LogP contribution in [0.5, 0.6) is 0 Å². The molecule has 3 aromatic carbocycles. The lowest BCUT2D eigenvalue weighted by atomic mass is 9.80. The summed E-state index contributed by atoms with van der Waals surface area (Å²) in [5.74, 6) is -3.17. The van der Waals surface area contributed by atoms with Gasteiger partial charge in [-0.1, -0.05) is 42.5 Å². The molecule has 0 saturated heterocycles. The maximum absolute atomic E-state index is 13.5. The van der Waals surface area contributed by atoms with Gasteiger partial charge in [0, 0.05) is 5.56 Å². The van der Waals surface area contributed by atoms with Gasteiger partial charge in [0.15, 0.2) is 0 Å². The van der Waals surface area contributed by atoms with E-state index < -0.39 is 32.9 Å². The van der Waals surface area contributed by atoms with E-state index in [4.69, 9.17) is 15.2 Å². The zero-order chi connectivity index (χ0) is 30.2. The van der Waals surface area contributed by atoms with E-state index in [1.165, 1.54) is 23.5 Å². The summed E-state index contributed by atoms with van der Waals surface area (Å²) in [4.78, 5) is 32.2. The van der Waals surface area contributed by atoms with Gasteiger partial charge >= 0.3 is 11.9 Å². The SMILES string of the molecule is COC(=O)C1=C(C(=O)OC)N(c2ccc(S(=O)(=O)O)cc2-c2nc3ccccc3s2)C(N)=C(C#N)C1c1ccccc1. The molecule has 4 aromatic rings. The highest BCUT2D eigenvalue weighted by Crippen LogP contribution is 2.46. The quantitative estimate of drug-likeness (QED) is 0.240. The molecule has 0 aliphatic carbocycles. The lowest BCUT2D eigenvalue weighted by Gasteiger charge is -2.36. The molecule has 212 valence electrons. The molecule has 1 aliphatic heterocycles. The molecule has 1 unspecified atom stereocenters. The van der Waals surface area contributed by atoms with Crippen LogP contribution < -0.4 is 10.6 Å². The maximum atomic E-state index is 13.5. The normalized spacial score (nSPS) is 15.5. The van der Waals surface area contributed by atoms with E-state index in [9.17, 15) is 27.8 Å². The highest BCUT2D eigenvalue weighted by atomic mass is 32.2. The van der Waals surface area contributed by atoms with Crippen molar-refractivity contribution in [3.63, 3.8) is 0 Å². The molecule has 13 heteroatoms. The third-order valence-electron chi connectivity index (χ3n) is 6.64. The Labute approximate surface area is 244 Å². The number of aromatic nitrogens is 1. The minimum atomic E-state index is -4.66. The number of nitrogens with two attached hydrogens (primary N) is 1. The molecule has 0 saturated carbocycles. The van der Waals surface area contributed by atoms with Gasteiger partial charge in [0.05, 0.1) is 58.2 Å². The first-order chi connectivity index (χ1) is 20.1. The fourth-order valence-electron chi connectivity index (χ4n) is 4.79. The number of hydrogen-bond acceptors (Lipinski definition) is 11. The Balaban J connectivity index is 1.89. The van der Waals surface area contributed by atoms with Crippen LogP contribution in [0.1, 0.15) is 11.5 Å². The zero-order valence-corrected chi connectivity index (χ0v) is 23.8. The summed E-state index contributed by atoms with van der Waals surface area (Å²) in [7, 11) is -2.41. The Morgan fingerprint density at radius 1 is 1.02 bits per heavy atom. The summed E-state index contributed by atoms with van der Waals surface area (Å²) >= 11 is 1.22. The average Bonchev–Trinajstić information content (AvgIpc) is 3.43. The lowest BCUT2D eigenvalue weighted by Crippen LogP contribution is -2.41. The van der Waals surface area contributed by atoms with E-state index in [1.807, 2.05) is 12.1 Å². The van der Waals surface area contributed by atoms with Crippen LogP contribution in [0.4, 0.5) is 5.69 Å². The van der Waals surface area contributed by atoms with Gasteiger partial charge in [0.25, 0.3) is 10.1 Å². The van der Waals surface area contributed by atoms with Gasteiger partial charge in [-0.05, 0) is 35.9 Å². The van der Waals surface area contributed by atoms with Gasteiger partial charge in [-0.25, -0.2) is 14.6 Å². The number of allylic oxidation sites excluding steroid dienone is 1. The zero-order valence-electron chi connectivity index (χ0n) is 22.1. The van der Waals surface area contributed by atoms with Crippen LogP contribution in [0.3, 0.4) is 0 Å². The van der Waals surface area contributed by atoms with Crippen molar-refractivity contribution in [1.82, 2.24) is 4.98 Å². The van der Waals surface area contributed by atoms with Crippen molar-refractivity contribution in [2.24, 2.45) is 5.73 Å². The number of thiazole rings is 1. The molecule has 0 fully saturated rings. The molecule has 5 rings (SSSR count). The summed E-state index contributed by atoms with van der Waals surface area (Å²) in [5, 5.41) is 10.6. The van der Waals surface area contributed by atoms with Crippen molar-refractivity contribution < 1.29 is 32.0 Å². The van der Waals surface area contributed by atoms with Crippen molar-refractivity contribution in [3.05, 3.63) is 101 Å². The Bertz CT molecular complexity index is 1930. The number of hydrogen-bond donors (Lipinski definition) is 2. The standard InChI is InChI=1S/C29H22N4O7S2/c1-39-28(34)24-23(16-8-4-3-5-9-16)19(15-30)26(31)33(25(24)29(35)40-2)21-13-12-17(42(36,37)38)14-18(21)27-32-20-10-6-7-11-22(20)41-27/h3-14,23H,31H2,1-2H3,(H,36,37,38). The van der Waals surface area contributed by atoms with Crippen LogP contribution >= 0.6 is 11.3 Å². The van der Waals surface area contributed by atoms with Crippen LogP contribution in [-0.4, -0.2) is 44.1 Å². The molecular weight excluding hydrogens is 580 g/mol. The molecule has 42 heavy (non-hydrogen) atoms. The van der Waals surface area contributed by atoms with E-state index in [0.29, 0.717) is 16.1 Å². The largest absolute Gasteiger partial charge is 0.466 e. The van der Waals surface area contributed by atoms with Crippen LogP contribution in [-0.2, 0) is 29.2 Å². The number of para-hydroxylation sites is 1. The van der Waals surface area contributed by atoms with E-state index >= 15 is 0 Å². The Kier molecular flexibility index (Phi) is 7.53. The molecular formula is C29H22N4O7S2. The fraction of sp³-hybridized carbons (Fsp3) is 0.103. The summed E-state index contributed by atoms with van der Waals surface area (Å²) in [6.45, 7) is 0. The predicted molar refractivity (Wildman–Crippen MR) is 154 cm³/mol. The van der Waals surface area contributed by atoms with Gasteiger partial charge < -0.3 is 15.2 Å². The molecule has 0 spiro atoms. The number of carbonyl (C=O) groups is 2.